The first-order chi connectivity index (χ1) is 11.7. The number of ketones is 1. The molecule has 0 radical (unpaired) electrons. The van der Waals surface area contributed by atoms with Crippen LogP contribution in [-0.2, 0) is 11.3 Å². The number of benzene rings is 2. The normalized spacial score (nSPS) is 11.1. The molecule has 0 aliphatic rings. The molecule has 0 spiro atoms. The number of Topliss-reactive ketones (excluding diaryl/α,β-unsaturated/α-hetero) is 1. The van der Waals surface area contributed by atoms with E-state index in [9.17, 15) is 22.8 Å². The van der Waals surface area contributed by atoms with E-state index in [2.05, 4.69) is 4.74 Å². The summed E-state index contributed by atoms with van der Waals surface area (Å²) in [5.74, 6) is -1.68. The van der Waals surface area contributed by atoms with E-state index in [1.54, 1.807) is 24.3 Å². The lowest BCUT2D eigenvalue weighted by atomic mass is 10.1. The van der Waals surface area contributed by atoms with E-state index in [-0.39, 0.29) is 17.9 Å². The van der Waals surface area contributed by atoms with Crippen molar-refractivity contribution in [1.29, 1.82) is 0 Å². The molecule has 1 amide bonds. The molecule has 0 unspecified atom stereocenters. The van der Waals surface area contributed by atoms with Crippen LogP contribution in [0.25, 0.3) is 0 Å². The number of alkyl halides is 3. The van der Waals surface area contributed by atoms with Crippen molar-refractivity contribution in [3.05, 3.63) is 65.2 Å². The number of halogens is 3. The van der Waals surface area contributed by atoms with Gasteiger partial charge in [0.2, 0.25) is 5.78 Å². The largest absolute Gasteiger partial charge is 0.573 e. The van der Waals surface area contributed by atoms with Crippen LogP contribution in [0.2, 0.25) is 0 Å². The van der Waals surface area contributed by atoms with E-state index in [4.69, 9.17) is 0 Å². The van der Waals surface area contributed by atoms with Gasteiger partial charge in [0.05, 0.1) is 0 Å². The Balaban J connectivity index is 2.01. The Hall–Kier alpha value is -2.83. The number of rotatable bonds is 5. The van der Waals surface area contributed by atoms with Gasteiger partial charge < -0.3 is 9.64 Å². The van der Waals surface area contributed by atoms with Crippen LogP contribution in [0.15, 0.2) is 48.5 Å². The molecule has 0 aliphatic carbocycles. The van der Waals surface area contributed by atoms with Crippen LogP contribution in [0.3, 0.4) is 0 Å². The Morgan fingerprint density at radius 3 is 2.08 bits per heavy atom. The number of hydrogen-bond acceptors (Lipinski definition) is 3. The summed E-state index contributed by atoms with van der Waals surface area (Å²) in [5, 5.41) is 0. The fourth-order valence-electron chi connectivity index (χ4n) is 2.14. The summed E-state index contributed by atoms with van der Waals surface area (Å²) in [6.07, 6.45) is -4.76. The molecule has 0 saturated carbocycles. The lowest BCUT2D eigenvalue weighted by molar-refractivity contribution is -0.274. The third-order valence-electron chi connectivity index (χ3n) is 3.43. The SMILES string of the molecule is Cc1ccc(C(=O)C(=O)N(C)Cc2ccc(OC(F)(F)F)cc2)cc1. The van der Waals surface area contributed by atoms with Crippen LogP contribution in [-0.4, -0.2) is 30.0 Å². The second-order valence-corrected chi connectivity index (χ2v) is 5.55. The molecule has 4 nitrogen and oxygen atoms in total. The summed E-state index contributed by atoms with van der Waals surface area (Å²) in [7, 11) is 1.45. The summed E-state index contributed by atoms with van der Waals surface area (Å²) in [5.41, 5.74) is 1.83. The van der Waals surface area contributed by atoms with Crippen molar-refractivity contribution in [2.24, 2.45) is 0 Å². The molecule has 0 aromatic heterocycles. The van der Waals surface area contributed by atoms with Gasteiger partial charge in [-0.3, -0.25) is 9.59 Å². The van der Waals surface area contributed by atoms with Gasteiger partial charge in [0, 0.05) is 19.2 Å². The molecule has 0 bridgehead atoms. The maximum absolute atomic E-state index is 12.2. The molecule has 0 aliphatic heterocycles. The van der Waals surface area contributed by atoms with E-state index in [0.717, 1.165) is 17.7 Å². The number of aryl methyl sites for hydroxylation is 1. The molecule has 25 heavy (non-hydrogen) atoms. The molecule has 7 heteroatoms. The van der Waals surface area contributed by atoms with Crippen LogP contribution < -0.4 is 4.74 Å². The lowest BCUT2D eigenvalue weighted by Crippen LogP contribution is -2.32. The first kappa shape index (κ1) is 18.5. The number of likely N-dealkylation sites (N-methyl/N-ethyl adjacent to an activating group) is 1. The molecule has 132 valence electrons. The van der Waals surface area contributed by atoms with Crippen LogP contribution in [0.5, 0.6) is 5.75 Å². The average molecular weight is 351 g/mol. The summed E-state index contributed by atoms with van der Waals surface area (Å²) in [6, 6.07) is 11.7. The van der Waals surface area contributed by atoms with Gasteiger partial charge in [-0.15, -0.1) is 13.2 Å². The zero-order valence-electron chi connectivity index (χ0n) is 13.6. The average Bonchev–Trinajstić information content (AvgIpc) is 2.54. The van der Waals surface area contributed by atoms with Gasteiger partial charge in [-0.25, -0.2) is 0 Å². The first-order valence-corrected chi connectivity index (χ1v) is 7.37. The Labute approximate surface area is 142 Å². The number of carbonyl (C=O) groups is 2. The molecular formula is C18H16F3NO3. The monoisotopic (exact) mass is 351 g/mol. The van der Waals surface area contributed by atoms with Gasteiger partial charge >= 0.3 is 6.36 Å². The second-order valence-electron chi connectivity index (χ2n) is 5.55. The number of amides is 1. The Morgan fingerprint density at radius 1 is 1.00 bits per heavy atom. The first-order valence-electron chi connectivity index (χ1n) is 7.37. The molecule has 0 N–H and O–H groups in total. The number of ether oxygens (including phenoxy) is 1. The number of nitrogens with zero attached hydrogens (tertiary/aromatic N) is 1. The highest BCUT2D eigenvalue weighted by atomic mass is 19.4. The molecule has 2 aromatic carbocycles. The highest BCUT2D eigenvalue weighted by molar-refractivity contribution is 6.42. The van der Waals surface area contributed by atoms with E-state index in [1.807, 2.05) is 6.92 Å². The Morgan fingerprint density at radius 2 is 1.56 bits per heavy atom. The van der Waals surface area contributed by atoms with Crippen LogP contribution in [0, 0.1) is 6.92 Å². The van der Waals surface area contributed by atoms with Crippen molar-refractivity contribution in [3.8, 4) is 5.75 Å². The Bertz CT molecular complexity index is 753. The van der Waals surface area contributed by atoms with Crippen molar-refractivity contribution in [1.82, 2.24) is 4.90 Å². The van der Waals surface area contributed by atoms with Crippen molar-refractivity contribution in [2.75, 3.05) is 7.05 Å². The summed E-state index contributed by atoms with van der Waals surface area (Å²) < 4.78 is 40.1. The standard InChI is InChI=1S/C18H16F3NO3/c1-12-3-7-14(8-4-12)16(23)17(24)22(2)11-13-5-9-15(10-6-13)25-18(19,20)21/h3-10H,11H2,1-2H3. The third-order valence-corrected chi connectivity index (χ3v) is 3.43. The van der Waals surface area contributed by atoms with Gasteiger partial charge in [0.1, 0.15) is 5.75 Å². The highest BCUT2D eigenvalue weighted by Gasteiger charge is 2.31. The van der Waals surface area contributed by atoms with Crippen molar-refractivity contribution in [3.63, 3.8) is 0 Å². The van der Waals surface area contributed by atoms with Crippen LogP contribution >= 0.6 is 0 Å². The van der Waals surface area contributed by atoms with E-state index in [1.165, 1.54) is 24.1 Å². The van der Waals surface area contributed by atoms with Crippen molar-refractivity contribution in [2.45, 2.75) is 19.8 Å². The zero-order chi connectivity index (χ0) is 18.6. The molecule has 0 fully saturated rings. The maximum atomic E-state index is 12.2. The summed E-state index contributed by atoms with van der Waals surface area (Å²) in [4.78, 5) is 25.6. The second kappa shape index (κ2) is 7.38. The quantitative estimate of drug-likeness (QED) is 0.609. The maximum Gasteiger partial charge on any atom is 0.573 e. The Kier molecular flexibility index (Phi) is 5.46. The highest BCUT2D eigenvalue weighted by Crippen LogP contribution is 2.23. The molecular weight excluding hydrogens is 335 g/mol. The molecule has 0 heterocycles. The van der Waals surface area contributed by atoms with E-state index >= 15 is 0 Å². The van der Waals surface area contributed by atoms with Gasteiger partial charge in [-0.1, -0.05) is 42.0 Å². The van der Waals surface area contributed by atoms with E-state index in [0.29, 0.717) is 5.56 Å². The molecule has 0 atom stereocenters. The van der Waals surface area contributed by atoms with Crippen molar-refractivity contribution < 1.29 is 27.5 Å². The minimum absolute atomic E-state index is 0.0860. The minimum atomic E-state index is -4.76. The fourth-order valence-corrected chi connectivity index (χ4v) is 2.14. The number of hydrogen-bond donors (Lipinski definition) is 0. The van der Waals surface area contributed by atoms with Gasteiger partial charge in [-0.05, 0) is 24.6 Å². The zero-order valence-corrected chi connectivity index (χ0v) is 13.6. The van der Waals surface area contributed by atoms with Gasteiger partial charge in [-0.2, -0.15) is 0 Å². The predicted octanol–water partition coefficient (Wildman–Crippen LogP) is 3.73. The third kappa shape index (κ3) is 5.34. The predicted molar refractivity (Wildman–Crippen MR) is 85.1 cm³/mol. The number of carbonyl (C=O) groups excluding carboxylic acids is 2. The fraction of sp³-hybridized carbons (Fsp3) is 0.222. The summed E-state index contributed by atoms with van der Waals surface area (Å²) >= 11 is 0. The minimum Gasteiger partial charge on any atom is -0.406 e. The topological polar surface area (TPSA) is 46.6 Å². The van der Waals surface area contributed by atoms with Crippen LogP contribution in [0.4, 0.5) is 13.2 Å². The molecule has 2 rings (SSSR count). The molecule has 0 saturated heterocycles. The molecule has 2 aromatic rings. The van der Waals surface area contributed by atoms with Gasteiger partial charge in [0.15, 0.2) is 0 Å². The van der Waals surface area contributed by atoms with Crippen LogP contribution in [0.1, 0.15) is 21.5 Å². The van der Waals surface area contributed by atoms with Crippen molar-refractivity contribution >= 4 is 11.7 Å². The smallest absolute Gasteiger partial charge is 0.406 e. The summed E-state index contributed by atoms with van der Waals surface area (Å²) in [6.45, 7) is 1.96. The lowest BCUT2D eigenvalue weighted by Gasteiger charge is -2.17. The van der Waals surface area contributed by atoms with Gasteiger partial charge in [0.25, 0.3) is 5.91 Å². The van der Waals surface area contributed by atoms with E-state index < -0.39 is 18.1 Å².